The van der Waals surface area contributed by atoms with E-state index in [9.17, 15) is 4.79 Å². The van der Waals surface area contributed by atoms with Crippen LogP contribution < -0.4 is 19.3 Å². The first-order valence-corrected chi connectivity index (χ1v) is 19.7. The van der Waals surface area contributed by atoms with Crippen LogP contribution in [0.2, 0.25) is 0 Å². The highest BCUT2D eigenvalue weighted by molar-refractivity contribution is 5.95. The molecule has 50 heavy (non-hydrogen) atoms. The molecule has 0 spiro atoms. The molecule has 7 heteroatoms. The number of aromatic nitrogens is 1. The van der Waals surface area contributed by atoms with E-state index in [1.165, 1.54) is 0 Å². The largest absolute Gasteiger partial charge is 0.493 e. The number of ether oxygens (including phenoxy) is 3. The standard InChI is InChI=1S/C43H63N3O4/c1-7-13-26-45(27-14-8-2)34-21-23-36(39(32-34)48-30-17-11-5)43(38-20-19-25-44-41(38)42(47)50-43)37-24-22-35(33-40(37)49-31-18-12-6)46(28-15-9-3)29-16-10-4/h19-25,32-33H,7-18,26-31H2,1-6H3. The zero-order valence-electron chi connectivity index (χ0n) is 31.9. The number of carbonyl (C=O) groups excluding carboxylic acids is 1. The maximum atomic E-state index is 13.8. The van der Waals surface area contributed by atoms with Crippen LogP contribution in [0.5, 0.6) is 11.5 Å². The van der Waals surface area contributed by atoms with E-state index < -0.39 is 11.6 Å². The van der Waals surface area contributed by atoms with Gasteiger partial charge in [-0.25, -0.2) is 9.78 Å². The Morgan fingerprint density at radius 2 is 1.04 bits per heavy atom. The van der Waals surface area contributed by atoms with Gasteiger partial charge in [0.15, 0.2) is 11.3 Å². The van der Waals surface area contributed by atoms with Crippen molar-refractivity contribution < 1.29 is 19.0 Å². The van der Waals surface area contributed by atoms with E-state index >= 15 is 0 Å². The minimum absolute atomic E-state index is 0.333. The van der Waals surface area contributed by atoms with Crippen molar-refractivity contribution in [3.8, 4) is 11.5 Å². The second-order valence-electron chi connectivity index (χ2n) is 13.6. The lowest BCUT2D eigenvalue weighted by Crippen LogP contribution is -2.32. The van der Waals surface area contributed by atoms with Gasteiger partial charge in [-0.05, 0) is 68.9 Å². The number of cyclic esters (lactones) is 1. The van der Waals surface area contributed by atoms with Gasteiger partial charge in [0.2, 0.25) is 0 Å². The number of rotatable bonds is 24. The summed E-state index contributed by atoms with van der Waals surface area (Å²) < 4.78 is 20.0. The molecule has 1 aromatic heterocycles. The predicted molar refractivity (Wildman–Crippen MR) is 207 cm³/mol. The molecule has 4 rings (SSSR count). The molecule has 0 saturated heterocycles. The highest BCUT2D eigenvalue weighted by Crippen LogP contribution is 2.53. The predicted octanol–water partition coefficient (Wildman–Crippen LogP) is 10.7. The van der Waals surface area contributed by atoms with Crippen LogP contribution in [-0.2, 0) is 10.3 Å². The number of carbonyl (C=O) groups is 1. The number of benzene rings is 2. The summed E-state index contributed by atoms with van der Waals surface area (Å²) in [6.45, 7) is 18.4. The normalized spacial score (nSPS) is 13.2. The van der Waals surface area contributed by atoms with E-state index in [-0.39, 0.29) is 0 Å². The van der Waals surface area contributed by atoms with Gasteiger partial charge in [-0.15, -0.1) is 0 Å². The Kier molecular flexibility index (Phi) is 15.8. The molecule has 3 aromatic rings. The number of hydrogen-bond acceptors (Lipinski definition) is 7. The molecule has 0 aliphatic carbocycles. The Morgan fingerprint density at radius 1 is 0.600 bits per heavy atom. The highest BCUT2D eigenvalue weighted by atomic mass is 16.6. The first-order chi connectivity index (χ1) is 24.5. The Balaban J connectivity index is 1.97. The molecule has 0 saturated carbocycles. The lowest BCUT2D eigenvalue weighted by atomic mass is 9.79. The lowest BCUT2D eigenvalue weighted by molar-refractivity contribution is 0.0233. The van der Waals surface area contributed by atoms with Crippen molar-refractivity contribution in [2.45, 2.75) is 124 Å². The van der Waals surface area contributed by atoms with Crippen molar-refractivity contribution in [3.63, 3.8) is 0 Å². The molecular weight excluding hydrogens is 622 g/mol. The topological polar surface area (TPSA) is 64.1 Å². The molecule has 1 aliphatic rings. The number of anilines is 2. The van der Waals surface area contributed by atoms with Gasteiger partial charge in [-0.2, -0.15) is 0 Å². The van der Waals surface area contributed by atoms with Crippen LogP contribution in [0, 0.1) is 0 Å². The van der Waals surface area contributed by atoms with Gasteiger partial charge < -0.3 is 24.0 Å². The Hall–Kier alpha value is -3.74. The molecule has 2 aromatic carbocycles. The van der Waals surface area contributed by atoms with Crippen molar-refractivity contribution in [2.75, 3.05) is 49.2 Å². The molecule has 2 heterocycles. The van der Waals surface area contributed by atoms with Gasteiger partial charge in [0.1, 0.15) is 11.5 Å². The number of pyridine rings is 1. The molecule has 7 nitrogen and oxygen atoms in total. The number of fused-ring (bicyclic) bond motifs is 1. The molecule has 0 unspecified atom stereocenters. The monoisotopic (exact) mass is 685 g/mol. The number of hydrogen-bond donors (Lipinski definition) is 0. The van der Waals surface area contributed by atoms with Crippen molar-refractivity contribution in [1.82, 2.24) is 4.98 Å². The Bertz CT molecular complexity index is 1380. The number of esters is 1. The lowest BCUT2D eigenvalue weighted by Gasteiger charge is -2.34. The third-order valence-electron chi connectivity index (χ3n) is 9.68. The fourth-order valence-corrected chi connectivity index (χ4v) is 6.66. The fourth-order valence-electron chi connectivity index (χ4n) is 6.66. The smallest absolute Gasteiger partial charge is 0.358 e. The van der Waals surface area contributed by atoms with Gasteiger partial charge in [0.05, 0.1) is 13.2 Å². The average Bonchev–Trinajstić information content (AvgIpc) is 3.44. The molecular formula is C43H63N3O4. The van der Waals surface area contributed by atoms with Crippen molar-refractivity contribution in [2.24, 2.45) is 0 Å². The zero-order valence-corrected chi connectivity index (χ0v) is 31.9. The van der Waals surface area contributed by atoms with Crippen molar-refractivity contribution in [1.29, 1.82) is 0 Å². The van der Waals surface area contributed by atoms with E-state index in [4.69, 9.17) is 14.2 Å². The average molecular weight is 686 g/mol. The Labute approximate surface area is 302 Å². The molecule has 0 atom stereocenters. The summed E-state index contributed by atoms with van der Waals surface area (Å²) in [6.07, 6.45) is 14.6. The van der Waals surface area contributed by atoms with E-state index in [1.807, 2.05) is 12.1 Å². The molecule has 0 fully saturated rings. The van der Waals surface area contributed by atoms with Gasteiger partial charge in [-0.1, -0.05) is 86.1 Å². The van der Waals surface area contributed by atoms with Gasteiger partial charge in [0, 0.05) is 72.6 Å². The number of unbranched alkanes of at least 4 members (excludes halogenated alkanes) is 6. The third kappa shape index (κ3) is 9.32. The summed E-state index contributed by atoms with van der Waals surface area (Å²) in [5.74, 6) is 1.02. The van der Waals surface area contributed by atoms with Crippen LogP contribution in [0.3, 0.4) is 0 Å². The van der Waals surface area contributed by atoms with E-state index in [0.717, 1.165) is 137 Å². The summed E-state index contributed by atoms with van der Waals surface area (Å²) in [5, 5.41) is 0. The summed E-state index contributed by atoms with van der Waals surface area (Å²) in [5.41, 5.74) is 3.61. The summed E-state index contributed by atoms with van der Waals surface area (Å²) >= 11 is 0. The van der Waals surface area contributed by atoms with E-state index in [1.54, 1.807) is 6.20 Å². The van der Waals surface area contributed by atoms with E-state index in [2.05, 4.69) is 92.7 Å². The van der Waals surface area contributed by atoms with Crippen LogP contribution in [-0.4, -0.2) is 50.3 Å². The van der Waals surface area contributed by atoms with Crippen LogP contribution in [0.25, 0.3) is 0 Å². The molecule has 0 bridgehead atoms. The van der Waals surface area contributed by atoms with Crippen molar-refractivity contribution >= 4 is 17.3 Å². The SMILES string of the molecule is CCCCOc1cc(N(CCCC)CCCC)ccc1C1(c2ccc(N(CCCC)CCCC)cc2OCCCC)OC(=O)c2ncccc21. The molecule has 1 aliphatic heterocycles. The second kappa shape index (κ2) is 20.2. The van der Waals surface area contributed by atoms with Crippen LogP contribution in [0.1, 0.15) is 146 Å². The minimum Gasteiger partial charge on any atom is -0.493 e. The first-order valence-electron chi connectivity index (χ1n) is 19.7. The summed E-state index contributed by atoms with van der Waals surface area (Å²) in [4.78, 5) is 23.3. The zero-order chi connectivity index (χ0) is 35.8. The summed E-state index contributed by atoms with van der Waals surface area (Å²) in [6, 6.07) is 16.8. The molecule has 274 valence electrons. The van der Waals surface area contributed by atoms with Gasteiger partial charge in [0.25, 0.3) is 0 Å². The number of nitrogens with zero attached hydrogens (tertiary/aromatic N) is 3. The van der Waals surface area contributed by atoms with Crippen LogP contribution in [0.15, 0.2) is 54.7 Å². The van der Waals surface area contributed by atoms with Crippen LogP contribution >= 0.6 is 0 Å². The molecule has 0 N–H and O–H groups in total. The summed E-state index contributed by atoms with van der Waals surface area (Å²) in [7, 11) is 0. The Morgan fingerprint density at radius 3 is 1.46 bits per heavy atom. The second-order valence-corrected chi connectivity index (χ2v) is 13.6. The quantitative estimate of drug-likeness (QED) is 0.0687. The fraction of sp³-hybridized carbons (Fsp3) is 0.581. The first kappa shape index (κ1) is 39.1. The van der Waals surface area contributed by atoms with Crippen LogP contribution in [0.4, 0.5) is 11.4 Å². The third-order valence-corrected chi connectivity index (χ3v) is 9.68. The highest BCUT2D eigenvalue weighted by Gasteiger charge is 2.52. The maximum Gasteiger partial charge on any atom is 0.358 e. The van der Waals surface area contributed by atoms with Gasteiger partial charge >= 0.3 is 5.97 Å². The van der Waals surface area contributed by atoms with Gasteiger partial charge in [-0.3, -0.25) is 0 Å². The maximum absolute atomic E-state index is 13.8. The van der Waals surface area contributed by atoms with Crippen molar-refractivity contribution in [3.05, 3.63) is 77.1 Å². The molecule has 0 radical (unpaired) electrons. The minimum atomic E-state index is -1.30. The van der Waals surface area contributed by atoms with E-state index in [0.29, 0.717) is 24.5 Å². The molecule has 0 amide bonds.